The van der Waals surface area contributed by atoms with Crippen LogP contribution < -0.4 is 4.72 Å². The molecule has 1 aliphatic carbocycles. The molecule has 0 saturated carbocycles. The average molecular weight is 336 g/mol. The van der Waals surface area contributed by atoms with Gasteiger partial charge in [0.25, 0.3) is 10.0 Å². The summed E-state index contributed by atoms with van der Waals surface area (Å²) in [5.74, 6) is -0.342. The fraction of sp³-hybridized carbons (Fsp3) is 0.133. The Balaban J connectivity index is 1.84. The quantitative estimate of drug-likeness (QED) is 0.930. The number of hydrogen-bond donors (Lipinski definition) is 1. The van der Waals surface area contributed by atoms with Gasteiger partial charge >= 0.3 is 0 Å². The van der Waals surface area contributed by atoms with Gasteiger partial charge in [-0.15, -0.1) is 11.3 Å². The van der Waals surface area contributed by atoms with Crippen molar-refractivity contribution < 1.29 is 12.8 Å². The van der Waals surface area contributed by atoms with Crippen LogP contribution >= 0.6 is 11.3 Å². The second kappa shape index (κ2) is 6.02. The van der Waals surface area contributed by atoms with E-state index < -0.39 is 10.0 Å². The largest absolute Gasteiger partial charge is 0.280 e. The molecule has 2 aromatic rings. The van der Waals surface area contributed by atoms with Gasteiger partial charge in [0.05, 0.1) is 0 Å². The van der Waals surface area contributed by atoms with Crippen LogP contribution in [0, 0.1) is 5.82 Å². The van der Waals surface area contributed by atoms with E-state index in [4.69, 9.17) is 0 Å². The topological polar surface area (TPSA) is 59.1 Å². The number of nitrogens with one attached hydrogen (secondary N) is 1. The zero-order valence-electron chi connectivity index (χ0n) is 11.5. The fourth-order valence-corrected chi connectivity index (χ4v) is 4.18. The second-order valence-electron chi connectivity index (χ2n) is 4.74. The minimum atomic E-state index is -3.70. The summed E-state index contributed by atoms with van der Waals surface area (Å²) in [4.78, 5) is 4.14. The van der Waals surface area contributed by atoms with Crippen molar-refractivity contribution in [1.29, 1.82) is 0 Å². The Bertz CT molecular complexity index is 837. The number of allylic oxidation sites excluding steroid dienone is 3. The van der Waals surface area contributed by atoms with Crippen LogP contribution in [0.2, 0.25) is 0 Å². The summed E-state index contributed by atoms with van der Waals surface area (Å²) in [5.41, 5.74) is 1.24. The highest BCUT2D eigenvalue weighted by Crippen LogP contribution is 2.26. The predicted octanol–water partition coefficient (Wildman–Crippen LogP) is 3.46. The molecule has 0 bridgehead atoms. The number of hydrogen-bond acceptors (Lipinski definition) is 4. The van der Waals surface area contributed by atoms with E-state index in [1.54, 1.807) is 18.2 Å². The molecule has 0 unspecified atom stereocenters. The Morgan fingerprint density at radius 3 is 2.64 bits per heavy atom. The summed E-state index contributed by atoms with van der Waals surface area (Å²) >= 11 is 1.21. The van der Waals surface area contributed by atoms with Gasteiger partial charge in [-0.25, -0.2) is 9.37 Å². The van der Waals surface area contributed by atoms with Crippen molar-refractivity contribution in [3.63, 3.8) is 0 Å². The number of aromatic nitrogens is 1. The fourth-order valence-electron chi connectivity index (χ4n) is 2.00. The molecule has 0 amide bonds. The molecule has 1 heterocycles. The van der Waals surface area contributed by atoms with Crippen LogP contribution in [0.1, 0.15) is 12.8 Å². The highest BCUT2D eigenvalue weighted by Gasteiger charge is 2.19. The number of benzene rings is 1. The van der Waals surface area contributed by atoms with Gasteiger partial charge in [-0.05, 0) is 43.2 Å². The van der Waals surface area contributed by atoms with Crippen molar-refractivity contribution in [2.24, 2.45) is 0 Å². The van der Waals surface area contributed by atoms with Gasteiger partial charge < -0.3 is 0 Å². The van der Waals surface area contributed by atoms with E-state index in [1.165, 1.54) is 28.8 Å². The lowest BCUT2D eigenvalue weighted by Crippen LogP contribution is -2.23. The first-order chi connectivity index (χ1) is 10.5. The molecule has 0 fully saturated rings. The normalized spacial score (nSPS) is 14.7. The van der Waals surface area contributed by atoms with E-state index in [9.17, 15) is 12.8 Å². The Morgan fingerprint density at radius 1 is 1.18 bits per heavy atom. The molecule has 0 spiro atoms. The second-order valence-corrected chi connectivity index (χ2v) is 7.23. The van der Waals surface area contributed by atoms with E-state index in [1.807, 2.05) is 12.2 Å². The molecule has 4 nitrogen and oxygen atoms in total. The van der Waals surface area contributed by atoms with E-state index in [0.717, 1.165) is 12.8 Å². The summed E-state index contributed by atoms with van der Waals surface area (Å²) in [6.45, 7) is 0. The van der Waals surface area contributed by atoms with E-state index in [-0.39, 0.29) is 10.8 Å². The predicted molar refractivity (Wildman–Crippen MR) is 84.3 cm³/mol. The third kappa shape index (κ3) is 3.26. The molecule has 0 aliphatic heterocycles. The van der Waals surface area contributed by atoms with Crippen LogP contribution in [0.4, 0.5) is 4.39 Å². The van der Waals surface area contributed by atoms with Crippen LogP contribution in [0.3, 0.4) is 0 Å². The highest BCUT2D eigenvalue weighted by atomic mass is 32.2. The molecule has 3 rings (SSSR count). The van der Waals surface area contributed by atoms with Gasteiger partial charge in [0.1, 0.15) is 10.8 Å². The third-order valence-electron chi connectivity index (χ3n) is 3.10. The van der Waals surface area contributed by atoms with Crippen molar-refractivity contribution in [3.05, 3.63) is 59.4 Å². The van der Waals surface area contributed by atoms with Gasteiger partial charge in [-0.1, -0.05) is 12.2 Å². The zero-order valence-corrected chi connectivity index (χ0v) is 13.1. The van der Waals surface area contributed by atoms with Gasteiger partial charge in [0.15, 0.2) is 5.03 Å². The minimum Gasteiger partial charge on any atom is -0.279 e. The van der Waals surface area contributed by atoms with Gasteiger partial charge in [0, 0.05) is 16.6 Å². The maximum atomic E-state index is 12.9. The molecule has 1 N–H and O–H groups in total. The summed E-state index contributed by atoms with van der Waals surface area (Å²) in [7, 11) is -3.70. The van der Waals surface area contributed by atoms with Crippen molar-refractivity contribution >= 4 is 21.4 Å². The number of nitrogens with zero attached hydrogens (tertiary/aromatic N) is 1. The maximum absolute atomic E-state index is 12.9. The molecule has 1 aromatic carbocycles. The molecule has 0 atom stereocenters. The average Bonchev–Trinajstić information content (AvgIpc) is 2.99. The highest BCUT2D eigenvalue weighted by molar-refractivity contribution is 7.89. The standard InChI is InChI=1S/C15H13FN2O2S2/c16-12-8-6-11(7-9-12)15-17-14(10-21-15)22(19,20)18-13-4-2-1-3-5-13/h2,4-10,18H,1,3H2. The lowest BCUT2D eigenvalue weighted by atomic mass is 10.2. The number of sulfonamides is 1. The van der Waals surface area contributed by atoms with E-state index >= 15 is 0 Å². The van der Waals surface area contributed by atoms with Gasteiger partial charge in [-0.2, -0.15) is 8.42 Å². The van der Waals surface area contributed by atoms with Gasteiger partial charge in [0.2, 0.25) is 0 Å². The summed E-state index contributed by atoms with van der Waals surface area (Å²) in [6, 6.07) is 5.79. The summed E-state index contributed by atoms with van der Waals surface area (Å²) in [5, 5.41) is 1.99. The number of halogens is 1. The number of thiazole rings is 1. The smallest absolute Gasteiger partial charge is 0.279 e. The van der Waals surface area contributed by atoms with Gasteiger partial charge in [-0.3, -0.25) is 4.72 Å². The van der Waals surface area contributed by atoms with Crippen molar-refractivity contribution in [3.8, 4) is 10.6 Å². The third-order valence-corrected chi connectivity index (χ3v) is 5.40. The molecule has 7 heteroatoms. The van der Waals surface area contributed by atoms with Crippen LogP contribution in [0.5, 0.6) is 0 Å². The Labute approximate surface area is 132 Å². The molecule has 1 aromatic heterocycles. The first kappa shape index (κ1) is 14.9. The number of rotatable bonds is 4. The molecular weight excluding hydrogens is 323 g/mol. The molecular formula is C15H13FN2O2S2. The van der Waals surface area contributed by atoms with Crippen molar-refractivity contribution in [2.75, 3.05) is 0 Å². The minimum absolute atomic E-state index is 0.0308. The Hall–Kier alpha value is -1.99. The molecule has 1 aliphatic rings. The lowest BCUT2D eigenvalue weighted by molar-refractivity contribution is 0.586. The van der Waals surface area contributed by atoms with Crippen LogP contribution in [-0.4, -0.2) is 13.4 Å². The van der Waals surface area contributed by atoms with Crippen LogP contribution in [0.25, 0.3) is 10.6 Å². The van der Waals surface area contributed by atoms with Crippen molar-refractivity contribution in [1.82, 2.24) is 9.71 Å². The SMILES string of the molecule is O=S(=O)(NC1=CCCC=C1)c1csc(-c2ccc(F)cc2)n1. The monoisotopic (exact) mass is 336 g/mol. The van der Waals surface area contributed by atoms with Crippen molar-refractivity contribution in [2.45, 2.75) is 17.9 Å². The first-order valence-electron chi connectivity index (χ1n) is 6.65. The zero-order chi connectivity index (χ0) is 15.6. The lowest BCUT2D eigenvalue weighted by Gasteiger charge is -2.09. The first-order valence-corrected chi connectivity index (χ1v) is 9.02. The Kier molecular flexibility index (Phi) is 4.08. The van der Waals surface area contributed by atoms with E-state index in [2.05, 4.69) is 9.71 Å². The van der Waals surface area contributed by atoms with E-state index in [0.29, 0.717) is 16.3 Å². The maximum Gasteiger partial charge on any atom is 0.280 e. The van der Waals surface area contributed by atoms with Crippen LogP contribution in [0.15, 0.2) is 58.6 Å². The molecule has 22 heavy (non-hydrogen) atoms. The molecule has 0 saturated heterocycles. The summed E-state index contributed by atoms with van der Waals surface area (Å²) < 4.78 is 40.0. The summed E-state index contributed by atoms with van der Waals surface area (Å²) in [6.07, 6.45) is 7.23. The van der Waals surface area contributed by atoms with Crippen LogP contribution in [-0.2, 0) is 10.0 Å². The molecule has 114 valence electrons. The Morgan fingerprint density at radius 2 is 1.95 bits per heavy atom. The molecule has 0 radical (unpaired) electrons.